The van der Waals surface area contributed by atoms with E-state index in [0.717, 1.165) is 12.1 Å². The molecule has 0 radical (unpaired) electrons. The van der Waals surface area contributed by atoms with Gasteiger partial charge in [-0.3, -0.25) is 20.2 Å². The third kappa shape index (κ3) is 4.33. The lowest BCUT2D eigenvalue weighted by Gasteiger charge is -2.06. The third-order valence-corrected chi connectivity index (χ3v) is 4.40. The van der Waals surface area contributed by atoms with Gasteiger partial charge >= 0.3 is 11.7 Å². The molecule has 32 heavy (non-hydrogen) atoms. The number of ether oxygens (including phenoxy) is 2. The van der Waals surface area contributed by atoms with Crippen LogP contribution >= 0.6 is 0 Å². The molecule has 0 atom stereocenters. The summed E-state index contributed by atoms with van der Waals surface area (Å²) in [5, 5.41) is 22.1. The van der Waals surface area contributed by atoms with E-state index in [4.69, 9.17) is 9.47 Å². The minimum atomic E-state index is -0.755. The van der Waals surface area contributed by atoms with Crippen LogP contribution in [0.25, 0.3) is 6.08 Å². The van der Waals surface area contributed by atoms with Crippen LogP contribution in [0.3, 0.4) is 0 Å². The Morgan fingerprint density at radius 1 is 0.906 bits per heavy atom. The fourth-order valence-electron chi connectivity index (χ4n) is 2.88. The van der Waals surface area contributed by atoms with Crippen molar-refractivity contribution in [2.24, 2.45) is 4.99 Å². The van der Waals surface area contributed by atoms with E-state index in [-0.39, 0.29) is 23.1 Å². The number of cyclic esters (lactones) is 1. The second-order valence-corrected chi connectivity index (χ2v) is 6.54. The summed E-state index contributed by atoms with van der Waals surface area (Å²) >= 11 is 0. The highest BCUT2D eigenvalue weighted by molar-refractivity contribution is 6.12. The van der Waals surface area contributed by atoms with Crippen molar-refractivity contribution in [1.82, 2.24) is 0 Å². The maximum atomic E-state index is 12.1. The number of hydrogen-bond acceptors (Lipinski definition) is 8. The van der Waals surface area contributed by atoms with E-state index in [2.05, 4.69) is 4.99 Å². The molecule has 0 amide bonds. The van der Waals surface area contributed by atoms with Gasteiger partial charge in [0.05, 0.1) is 15.9 Å². The Balaban J connectivity index is 1.54. The summed E-state index contributed by atoms with van der Waals surface area (Å²) in [6.45, 7) is 0. The molecule has 0 spiro atoms. The molecule has 4 rings (SSSR count). The lowest BCUT2D eigenvalue weighted by Crippen LogP contribution is -2.04. The Morgan fingerprint density at radius 3 is 2.28 bits per heavy atom. The van der Waals surface area contributed by atoms with E-state index in [1.54, 1.807) is 48.5 Å². The van der Waals surface area contributed by atoms with E-state index >= 15 is 0 Å². The van der Waals surface area contributed by atoms with Crippen molar-refractivity contribution in [2.45, 2.75) is 0 Å². The number of esters is 1. The van der Waals surface area contributed by atoms with Gasteiger partial charge in [0.2, 0.25) is 11.6 Å². The zero-order chi connectivity index (χ0) is 22.7. The Kier molecular flexibility index (Phi) is 5.41. The summed E-state index contributed by atoms with van der Waals surface area (Å²) in [6, 6.07) is 18.5. The highest BCUT2D eigenvalue weighted by Crippen LogP contribution is 2.34. The molecule has 3 aromatic carbocycles. The van der Waals surface area contributed by atoms with Gasteiger partial charge in [-0.2, -0.15) is 0 Å². The average Bonchev–Trinajstić information content (AvgIpc) is 3.16. The fourth-order valence-corrected chi connectivity index (χ4v) is 2.88. The highest BCUT2D eigenvalue weighted by atomic mass is 16.6. The molecular formula is C22H13N3O7. The Bertz CT molecular complexity index is 1280. The number of hydrogen-bond donors (Lipinski definition) is 0. The number of nitro benzene ring substituents is 2. The molecular weight excluding hydrogens is 418 g/mol. The molecule has 0 saturated carbocycles. The van der Waals surface area contributed by atoms with Crippen LogP contribution in [0.15, 0.2) is 83.5 Å². The molecule has 0 saturated heterocycles. The minimum absolute atomic E-state index is 0.128. The standard InChI is InChI=1S/C22H13N3O7/c26-22-18(23-21(32-22)15-4-2-1-3-5-15)12-14-6-9-17(10-7-14)31-20-11-8-16(24(27)28)13-19(20)25(29)30/h1-13H/b18-12-. The molecule has 1 aliphatic heterocycles. The minimum Gasteiger partial charge on any atom is -0.450 e. The molecule has 158 valence electrons. The number of rotatable bonds is 6. The van der Waals surface area contributed by atoms with Crippen molar-refractivity contribution < 1.29 is 24.1 Å². The van der Waals surface area contributed by atoms with Crippen molar-refractivity contribution in [3.8, 4) is 11.5 Å². The summed E-state index contributed by atoms with van der Waals surface area (Å²) < 4.78 is 10.7. The number of carbonyl (C=O) groups is 1. The van der Waals surface area contributed by atoms with E-state index in [1.807, 2.05) is 6.07 Å². The summed E-state index contributed by atoms with van der Waals surface area (Å²) in [5.41, 5.74) is 0.494. The van der Waals surface area contributed by atoms with Crippen LogP contribution in [0.5, 0.6) is 11.5 Å². The second kappa shape index (κ2) is 8.48. The lowest BCUT2D eigenvalue weighted by molar-refractivity contribution is -0.394. The third-order valence-electron chi connectivity index (χ3n) is 4.40. The average molecular weight is 431 g/mol. The zero-order valence-electron chi connectivity index (χ0n) is 16.2. The van der Waals surface area contributed by atoms with Gasteiger partial charge in [-0.25, -0.2) is 9.79 Å². The van der Waals surface area contributed by atoms with E-state index in [1.165, 1.54) is 12.1 Å². The number of nitrogens with zero attached hydrogens (tertiary/aromatic N) is 3. The van der Waals surface area contributed by atoms with Gasteiger partial charge in [-0.15, -0.1) is 0 Å². The van der Waals surface area contributed by atoms with Crippen LogP contribution < -0.4 is 4.74 Å². The quantitative estimate of drug-likeness (QED) is 0.240. The zero-order valence-corrected chi connectivity index (χ0v) is 16.2. The molecule has 0 unspecified atom stereocenters. The topological polar surface area (TPSA) is 134 Å². The molecule has 0 bridgehead atoms. The molecule has 0 N–H and O–H groups in total. The fraction of sp³-hybridized carbons (Fsp3) is 0. The normalized spacial score (nSPS) is 14.1. The molecule has 10 heteroatoms. The molecule has 0 fully saturated rings. The second-order valence-electron chi connectivity index (χ2n) is 6.54. The molecule has 1 aliphatic rings. The number of non-ortho nitro benzene ring substituents is 1. The monoisotopic (exact) mass is 431 g/mol. The van der Waals surface area contributed by atoms with Gasteiger partial charge in [0, 0.05) is 11.6 Å². The summed E-state index contributed by atoms with van der Waals surface area (Å²) in [6.07, 6.45) is 1.54. The lowest BCUT2D eigenvalue weighted by atomic mass is 10.2. The van der Waals surface area contributed by atoms with Gasteiger partial charge in [-0.1, -0.05) is 30.3 Å². The largest absolute Gasteiger partial charge is 0.450 e. The van der Waals surface area contributed by atoms with Crippen LogP contribution in [-0.4, -0.2) is 21.7 Å². The molecule has 1 heterocycles. The predicted octanol–water partition coefficient (Wildman–Crippen LogP) is 4.64. The van der Waals surface area contributed by atoms with Gasteiger partial charge in [0.15, 0.2) is 5.70 Å². The molecule has 3 aromatic rings. The summed E-state index contributed by atoms with van der Waals surface area (Å²) in [4.78, 5) is 36.9. The summed E-state index contributed by atoms with van der Waals surface area (Å²) in [5.74, 6) is -0.229. The van der Waals surface area contributed by atoms with Crippen molar-refractivity contribution in [3.63, 3.8) is 0 Å². The molecule has 0 aliphatic carbocycles. The van der Waals surface area contributed by atoms with Crippen molar-refractivity contribution in [1.29, 1.82) is 0 Å². The van der Waals surface area contributed by atoms with E-state index in [0.29, 0.717) is 11.1 Å². The van der Waals surface area contributed by atoms with Crippen molar-refractivity contribution >= 4 is 29.3 Å². The van der Waals surface area contributed by atoms with Crippen LogP contribution in [0.1, 0.15) is 11.1 Å². The number of aliphatic imine (C=N–C) groups is 1. The predicted molar refractivity (Wildman–Crippen MR) is 113 cm³/mol. The first-order valence-electron chi connectivity index (χ1n) is 9.19. The van der Waals surface area contributed by atoms with Gasteiger partial charge in [0.1, 0.15) is 5.75 Å². The highest BCUT2D eigenvalue weighted by Gasteiger charge is 2.24. The van der Waals surface area contributed by atoms with Crippen molar-refractivity contribution in [3.05, 3.63) is 110 Å². The Morgan fingerprint density at radius 2 is 1.62 bits per heavy atom. The van der Waals surface area contributed by atoms with Crippen LogP contribution in [0.2, 0.25) is 0 Å². The number of benzene rings is 3. The van der Waals surface area contributed by atoms with Gasteiger partial charge < -0.3 is 9.47 Å². The van der Waals surface area contributed by atoms with E-state index in [9.17, 15) is 25.0 Å². The van der Waals surface area contributed by atoms with Gasteiger partial charge in [0.25, 0.3) is 5.69 Å². The Hall–Kier alpha value is -4.86. The smallest absolute Gasteiger partial charge is 0.363 e. The van der Waals surface area contributed by atoms with E-state index < -0.39 is 27.2 Å². The molecule has 10 nitrogen and oxygen atoms in total. The number of nitro groups is 2. The Labute approximate surface area is 180 Å². The SMILES string of the molecule is O=C1OC(c2ccccc2)=N/C1=C\c1ccc(Oc2ccc([N+](=O)[O-])cc2[N+](=O)[O-])cc1. The van der Waals surface area contributed by atoms with Gasteiger partial charge in [-0.05, 0) is 42.0 Å². The first-order chi connectivity index (χ1) is 15.4. The van der Waals surface area contributed by atoms with Crippen LogP contribution in [0.4, 0.5) is 11.4 Å². The first kappa shape index (κ1) is 20.4. The summed E-state index contributed by atoms with van der Waals surface area (Å²) in [7, 11) is 0. The van der Waals surface area contributed by atoms with Crippen LogP contribution in [-0.2, 0) is 9.53 Å². The number of carbonyl (C=O) groups excluding carboxylic acids is 1. The van der Waals surface area contributed by atoms with Crippen LogP contribution in [0, 0.1) is 20.2 Å². The molecule has 0 aromatic heterocycles. The first-order valence-corrected chi connectivity index (χ1v) is 9.19. The van der Waals surface area contributed by atoms with Crippen molar-refractivity contribution in [2.75, 3.05) is 0 Å². The maximum absolute atomic E-state index is 12.1. The maximum Gasteiger partial charge on any atom is 0.363 e.